The summed E-state index contributed by atoms with van der Waals surface area (Å²) in [6.07, 6.45) is 11.5. The van der Waals surface area contributed by atoms with Gasteiger partial charge >= 0.3 is 0 Å². The smallest absolute Gasteiger partial charge is 0.222 e. The van der Waals surface area contributed by atoms with Crippen LogP contribution < -0.4 is 9.47 Å². The number of likely N-dealkylation sites (tertiary alicyclic amines) is 1. The van der Waals surface area contributed by atoms with Crippen LogP contribution in [0.4, 0.5) is 0 Å². The van der Waals surface area contributed by atoms with Crippen molar-refractivity contribution in [3.63, 3.8) is 0 Å². The molecule has 0 bridgehead atoms. The average Bonchev–Trinajstić information content (AvgIpc) is 3.52. The number of unbranched alkanes of at least 4 members (excludes halogenated alkanes) is 8. The first kappa shape index (κ1) is 38.1. The lowest BCUT2D eigenvalue weighted by molar-refractivity contribution is -0.133. The number of hydrogen-bond donors (Lipinski definition) is 1. The van der Waals surface area contributed by atoms with Crippen LogP contribution in [-0.2, 0) is 24.7 Å². The molecule has 1 saturated heterocycles. The maximum absolute atomic E-state index is 13.1. The second-order valence-electron chi connectivity index (χ2n) is 12.9. The molecule has 1 fully saturated rings. The van der Waals surface area contributed by atoms with Crippen LogP contribution in [0.3, 0.4) is 0 Å². The molecule has 1 N–H and O–H groups in total. The highest BCUT2D eigenvalue weighted by Gasteiger charge is 2.38. The van der Waals surface area contributed by atoms with Crippen molar-refractivity contribution >= 4 is 12.2 Å². The van der Waals surface area contributed by atoms with E-state index in [1.165, 1.54) is 19.3 Å². The minimum atomic E-state index is -0.879. The van der Waals surface area contributed by atoms with Crippen molar-refractivity contribution in [3.05, 3.63) is 95.6 Å². The third kappa shape index (κ3) is 11.1. The van der Waals surface area contributed by atoms with Gasteiger partial charge in [-0.3, -0.25) is 4.79 Å². The lowest BCUT2D eigenvalue weighted by atomic mass is 9.80. The maximum atomic E-state index is 13.1. The normalized spacial score (nSPS) is 16.1. The van der Waals surface area contributed by atoms with E-state index in [9.17, 15) is 14.7 Å². The van der Waals surface area contributed by atoms with Crippen molar-refractivity contribution in [2.45, 2.75) is 94.8 Å². The molecule has 4 rings (SSSR count). The summed E-state index contributed by atoms with van der Waals surface area (Å²) in [7, 11) is 3.32. The number of methoxy groups -OCH3 is 2. The summed E-state index contributed by atoms with van der Waals surface area (Å²) < 4.78 is 23.9. The molecule has 1 heterocycles. The molecular weight excluding hydrogens is 618 g/mol. The number of rotatable bonds is 23. The van der Waals surface area contributed by atoms with Gasteiger partial charge in [0, 0.05) is 26.0 Å². The number of β-amino-alcohol motifs (C(OH)–C–C–N with tert-alkyl or cyclic N) is 1. The monoisotopic (exact) mass is 673 g/mol. The minimum Gasteiger partial charge on any atom is -0.497 e. The Balaban J connectivity index is 1.30. The van der Waals surface area contributed by atoms with Gasteiger partial charge in [0.2, 0.25) is 5.91 Å². The van der Waals surface area contributed by atoms with Gasteiger partial charge in [-0.15, -0.1) is 0 Å². The Morgan fingerprint density at radius 1 is 0.755 bits per heavy atom. The molecule has 8 nitrogen and oxygen atoms in total. The topological polar surface area (TPSA) is 94.5 Å². The molecule has 0 radical (unpaired) electrons. The zero-order valence-corrected chi connectivity index (χ0v) is 29.4. The van der Waals surface area contributed by atoms with Crippen LogP contribution >= 0.6 is 0 Å². The molecule has 1 aliphatic heterocycles. The van der Waals surface area contributed by atoms with Crippen LogP contribution in [-0.4, -0.2) is 74.9 Å². The van der Waals surface area contributed by atoms with Gasteiger partial charge in [-0.05, 0) is 66.6 Å². The zero-order valence-electron chi connectivity index (χ0n) is 29.4. The standard InChI is InChI=1S/C41H55NO7/c1-46-38-23-19-34(20-24-38)41(33-16-11-10-12-17-33,35-21-25-39(47-2)26-22-35)49-29-15-28-48-32-36-30-37(44)31-42(36)40(45)18-13-8-6-4-3-5-7-9-14-27-43/h10-12,16-17,19-27,36-37,44H,3-9,13-15,18,28-32H2,1-2H3/t36-,37+/m0/s1. The average molecular weight is 674 g/mol. The number of carbonyl (C=O) groups excluding carboxylic acids is 2. The van der Waals surface area contributed by atoms with E-state index in [2.05, 4.69) is 12.1 Å². The number of aldehydes is 1. The van der Waals surface area contributed by atoms with Gasteiger partial charge in [-0.1, -0.05) is 93.1 Å². The Kier molecular flexibility index (Phi) is 16.1. The van der Waals surface area contributed by atoms with Crippen molar-refractivity contribution in [1.29, 1.82) is 0 Å². The second-order valence-corrected chi connectivity index (χ2v) is 12.9. The summed E-state index contributed by atoms with van der Waals surface area (Å²) in [6, 6.07) is 26.1. The van der Waals surface area contributed by atoms with Gasteiger partial charge in [-0.2, -0.15) is 0 Å². The third-order valence-electron chi connectivity index (χ3n) is 9.41. The molecule has 3 aromatic rings. The van der Waals surface area contributed by atoms with E-state index >= 15 is 0 Å². The Labute approximate surface area is 292 Å². The molecule has 0 unspecified atom stereocenters. The summed E-state index contributed by atoms with van der Waals surface area (Å²) >= 11 is 0. The fourth-order valence-electron chi connectivity index (χ4n) is 6.74. The number of hydrogen-bond acceptors (Lipinski definition) is 7. The lowest BCUT2D eigenvalue weighted by Gasteiger charge is -2.36. The highest BCUT2D eigenvalue weighted by atomic mass is 16.5. The molecule has 8 heteroatoms. The third-order valence-corrected chi connectivity index (χ3v) is 9.41. The van der Waals surface area contributed by atoms with Crippen molar-refractivity contribution in [2.24, 2.45) is 0 Å². The number of nitrogens with zero attached hydrogens (tertiary/aromatic N) is 1. The first-order valence-electron chi connectivity index (χ1n) is 18.0. The van der Waals surface area contributed by atoms with Crippen LogP contribution in [0.15, 0.2) is 78.9 Å². The van der Waals surface area contributed by atoms with Gasteiger partial charge < -0.3 is 33.7 Å². The van der Waals surface area contributed by atoms with Crippen LogP contribution in [0, 0.1) is 0 Å². The number of aliphatic hydroxyl groups is 1. The predicted octanol–water partition coefficient (Wildman–Crippen LogP) is 7.48. The van der Waals surface area contributed by atoms with Crippen LogP contribution in [0.5, 0.6) is 11.5 Å². The zero-order chi connectivity index (χ0) is 34.7. The van der Waals surface area contributed by atoms with E-state index in [4.69, 9.17) is 18.9 Å². The first-order chi connectivity index (χ1) is 24.0. The molecule has 3 aromatic carbocycles. The highest BCUT2D eigenvalue weighted by Crippen LogP contribution is 2.41. The number of aliphatic hydroxyl groups excluding tert-OH is 1. The molecule has 49 heavy (non-hydrogen) atoms. The Bertz CT molecular complexity index is 1320. The minimum absolute atomic E-state index is 0.106. The molecule has 0 aromatic heterocycles. The van der Waals surface area contributed by atoms with Crippen molar-refractivity contribution in [2.75, 3.05) is 40.6 Å². The van der Waals surface area contributed by atoms with Gasteiger partial charge in [0.1, 0.15) is 23.4 Å². The van der Waals surface area contributed by atoms with Gasteiger partial charge in [0.25, 0.3) is 0 Å². The van der Waals surface area contributed by atoms with E-state index < -0.39 is 11.7 Å². The highest BCUT2D eigenvalue weighted by molar-refractivity contribution is 5.77. The van der Waals surface area contributed by atoms with Crippen molar-refractivity contribution < 1.29 is 33.6 Å². The van der Waals surface area contributed by atoms with Crippen LogP contribution in [0.1, 0.15) is 93.7 Å². The molecule has 266 valence electrons. The van der Waals surface area contributed by atoms with E-state index in [0.717, 1.165) is 66.6 Å². The van der Waals surface area contributed by atoms with Crippen molar-refractivity contribution in [3.8, 4) is 11.5 Å². The molecule has 0 aliphatic carbocycles. The number of amides is 1. The molecule has 2 atom stereocenters. The molecule has 1 amide bonds. The number of benzene rings is 3. The fraction of sp³-hybridized carbons (Fsp3) is 0.512. The van der Waals surface area contributed by atoms with Gasteiger partial charge in [0.15, 0.2) is 0 Å². The summed E-state index contributed by atoms with van der Waals surface area (Å²) in [5, 5.41) is 10.4. The maximum Gasteiger partial charge on any atom is 0.222 e. The Morgan fingerprint density at radius 2 is 1.31 bits per heavy atom. The van der Waals surface area contributed by atoms with Gasteiger partial charge in [0.05, 0.1) is 39.6 Å². The molecule has 1 aliphatic rings. The summed E-state index contributed by atoms with van der Waals surface area (Å²) in [4.78, 5) is 25.3. The largest absolute Gasteiger partial charge is 0.497 e. The summed E-state index contributed by atoms with van der Waals surface area (Å²) in [5.41, 5.74) is 2.08. The van der Waals surface area contributed by atoms with Crippen molar-refractivity contribution in [1.82, 2.24) is 4.90 Å². The van der Waals surface area contributed by atoms with E-state index in [-0.39, 0.29) is 11.9 Å². The number of ether oxygens (including phenoxy) is 4. The lowest BCUT2D eigenvalue weighted by Crippen LogP contribution is -2.38. The van der Waals surface area contributed by atoms with E-state index in [1.54, 1.807) is 14.2 Å². The molecule has 0 spiro atoms. The Hall–Kier alpha value is -3.72. The van der Waals surface area contributed by atoms with E-state index in [0.29, 0.717) is 52.0 Å². The SMILES string of the molecule is COc1ccc(C(OCCCOC[C@@H]2C[C@@H](O)CN2C(=O)CCCCCCCCCCC=O)(c2ccccc2)c2ccc(OC)cc2)cc1. The molecular formula is C41H55NO7. The number of carbonyl (C=O) groups is 2. The van der Waals surface area contributed by atoms with Gasteiger partial charge in [-0.25, -0.2) is 0 Å². The second kappa shape index (κ2) is 20.7. The van der Waals surface area contributed by atoms with E-state index in [1.807, 2.05) is 71.6 Å². The predicted molar refractivity (Wildman–Crippen MR) is 192 cm³/mol. The first-order valence-corrected chi connectivity index (χ1v) is 18.0. The Morgan fingerprint density at radius 3 is 1.88 bits per heavy atom. The summed E-state index contributed by atoms with van der Waals surface area (Å²) in [6.45, 7) is 1.68. The fourth-order valence-corrected chi connectivity index (χ4v) is 6.74. The van der Waals surface area contributed by atoms with Crippen LogP contribution in [0.25, 0.3) is 0 Å². The summed E-state index contributed by atoms with van der Waals surface area (Å²) in [5.74, 6) is 1.65. The van der Waals surface area contributed by atoms with Crippen LogP contribution in [0.2, 0.25) is 0 Å². The molecule has 0 saturated carbocycles. The quantitative estimate of drug-likeness (QED) is 0.0634.